The molecule has 0 aromatic carbocycles. The molecule has 0 aliphatic rings. The predicted octanol–water partition coefficient (Wildman–Crippen LogP) is 0.928. The minimum Gasteiger partial charge on any atom is -0.477 e. The molecule has 7 nitrogen and oxygen atoms in total. The van der Waals surface area contributed by atoms with Gasteiger partial charge in [-0.05, 0) is 12.1 Å². The average Bonchev–Trinajstić information content (AvgIpc) is 2.72. The van der Waals surface area contributed by atoms with Crippen LogP contribution in [0.2, 0.25) is 0 Å². The maximum absolute atomic E-state index is 12.1. The molecule has 0 fully saturated rings. The zero-order chi connectivity index (χ0) is 14.2. The van der Waals surface area contributed by atoms with Crippen LogP contribution in [0.15, 0.2) is 18.5 Å². The summed E-state index contributed by atoms with van der Waals surface area (Å²) >= 11 is 0. The fourth-order valence-corrected chi connectivity index (χ4v) is 1.37. The van der Waals surface area contributed by atoms with Gasteiger partial charge in [-0.3, -0.25) is 4.79 Å². The number of halogens is 3. The number of aromatic carboxylic acids is 1. The maximum atomic E-state index is 12.1. The highest BCUT2D eigenvalue weighted by Crippen LogP contribution is 2.20. The number of carboxylic acid groups (broad SMARTS) is 1. The van der Waals surface area contributed by atoms with Gasteiger partial charge in [0.25, 0.3) is 0 Å². The van der Waals surface area contributed by atoms with Gasteiger partial charge in [-0.25, -0.2) is 14.3 Å². The zero-order valence-corrected chi connectivity index (χ0v) is 8.97. The third-order valence-corrected chi connectivity index (χ3v) is 2.16. The number of amides is 1. The van der Waals surface area contributed by atoms with Crippen LogP contribution >= 0.6 is 0 Å². The topological polar surface area (TPSA) is 96.6 Å². The van der Waals surface area contributed by atoms with E-state index in [2.05, 4.69) is 10.1 Å². The van der Waals surface area contributed by atoms with Crippen LogP contribution in [0.5, 0.6) is 0 Å². The van der Waals surface area contributed by atoms with Crippen molar-refractivity contribution < 1.29 is 27.9 Å². The number of carbonyl (C=O) groups is 2. The van der Waals surface area contributed by atoms with Gasteiger partial charge in [0.1, 0.15) is 11.8 Å². The Morgan fingerprint density at radius 2 is 2.00 bits per heavy atom. The van der Waals surface area contributed by atoms with Gasteiger partial charge < -0.3 is 10.4 Å². The van der Waals surface area contributed by atoms with Crippen LogP contribution in [-0.4, -0.2) is 37.8 Å². The molecule has 1 amide bonds. The molecule has 2 rings (SSSR count). The van der Waals surface area contributed by atoms with Crippen molar-refractivity contribution in [1.29, 1.82) is 0 Å². The molecule has 0 aliphatic carbocycles. The molecule has 100 valence electrons. The molecule has 19 heavy (non-hydrogen) atoms. The fraction of sp³-hybridized carbons (Fsp3) is 0.111. The van der Waals surface area contributed by atoms with Crippen LogP contribution in [0.4, 0.5) is 19.0 Å². The molecular weight excluding hydrogens is 269 g/mol. The van der Waals surface area contributed by atoms with Crippen molar-refractivity contribution in [2.75, 3.05) is 5.32 Å². The molecule has 10 heteroatoms. The fourth-order valence-electron chi connectivity index (χ4n) is 1.37. The summed E-state index contributed by atoms with van der Waals surface area (Å²) in [5.74, 6) is -3.94. The third-order valence-electron chi connectivity index (χ3n) is 2.16. The number of hydrogen-bond donors (Lipinski definition) is 2. The molecule has 0 saturated carbocycles. The summed E-state index contributed by atoms with van der Waals surface area (Å²) in [5.41, 5.74) is -0.322. The van der Waals surface area contributed by atoms with E-state index < -0.39 is 23.9 Å². The lowest BCUT2D eigenvalue weighted by atomic mass is 10.4. The number of rotatable bonds is 2. The van der Waals surface area contributed by atoms with E-state index in [9.17, 15) is 22.8 Å². The first-order valence-corrected chi connectivity index (χ1v) is 4.75. The van der Waals surface area contributed by atoms with E-state index in [1.54, 1.807) is 5.32 Å². The molecule has 2 aromatic rings. The molecule has 0 spiro atoms. The van der Waals surface area contributed by atoms with Crippen molar-refractivity contribution in [2.24, 2.45) is 0 Å². The Bertz CT molecular complexity index is 664. The van der Waals surface area contributed by atoms with Crippen LogP contribution in [0, 0.1) is 0 Å². The normalized spacial score (nSPS) is 11.5. The Morgan fingerprint density at radius 1 is 1.32 bits per heavy atom. The molecule has 2 heterocycles. The summed E-state index contributed by atoms with van der Waals surface area (Å²) in [6, 6.07) is 2.32. The number of nitrogens with zero attached hydrogens (tertiary/aromatic N) is 3. The number of aromatic nitrogens is 3. The van der Waals surface area contributed by atoms with Crippen LogP contribution in [0.3, 0.4) is 0 Å². The first-order valence-electron chi connectivity index (χ1n) is 4.75. The first kappa shape index (κ1) is 12.8. The largest absolute Gasteiger partial charge is 0.477 e. The highest BCUT2D eigenvalue weighted by Gasteiger charge is 2.39. The third kappa shape index (κ3) is 2.32. The second kappa shape index (κ2) is 4.23. The standard InChI is InChI=1S/C9H5F3N4O3/c10-9(11,12)8(19)15-6-4-1-2-5(7(17)18)16(4)14-3-13-6/h1-3H,(H,17,18)(H,13,14,15,19). The van der Waals surface area contributed by atoms with Gasteiger partial charge in [-0.15, -0.1) is 0 Å². The lowest BCUT2D eigenvalue weighted by Crippen LogP contribution is -2.30. The lowest BCUT2D eigenvalue weighted by molar-refractivity contribution is -0.167. The van der Waals surface area contributed by atoms with E-state index >= 15 is 0 Å². The van der Waals surface area contributed by atoms with Crippen molar-refractivity contribution >= 4 is 23.2 Å². The molecular formula is C9H5F3N4O3. The molecule has 2 N–H and O–H groups in total. The molecule has 0 bridgehead atoms. The van der Waals surface area contributed by atoms with E-state index in [-0.39, 0.29) is 11.2 Å². The highest BCUT2D eigenvalue weighted by molar-refractivity contribution is 5.98. The smallest absolute Gasteiger partial charge is 0.471 e. The van der Waals surface area contributed by atoms with E-state index in [0.29, 0.717) is 0 Å². The van der Waals surface area contributed by atoms with Crippen LogP contribution in [-0.2, 0) is 4.79 Å². The summed E-state index contributed by atoms with van der Waals surface area (Å²) in [4.78, 5) is 25.1. The van der Waals surface area contributed by atoms with Crippen molar-refractivity contribution in [3.05, 3.63) is 24.2 Å². The van der Waals surface area contributed by atoms with E-state index in [1.807, 2.05) is 0 Å². The number of anilines is 1. The van der Waals surface area contributed by atoms with Crippen LogP contribution < -0.4 is 5.32 Å². The number of hydrogen-bond acceptors (Lipinski definition) is 4. The molecule has 0 radical (unpaired) electrons. The second-order valence-electron chi connectivity index (χ2n) is 3.38. The van der Waals surface area contributed by atoms with Gasteiger partial charge in [0.15, 0.2) is 11.5 Å². The first-order chi connectivity index (χ1) is 8.80. The number of nitrogens with one attached hydrogen (secondary N) is 1. The Kier molecular flexibility index (Phi) is 2.85. The zero-order valence-electron chi connectivity index (χ0n) is 8.97. The minimum absolute atomic E-state index is 0.0579. The van der Waals surface area contributed by atoms with Crippen molar-refractivity contribution in [2.45, 2.75) is 6.18 Å². The molecule has 0 saturated heterocycles. The average molecular weight is 274 g/mol. The molecule has 0 unspecified atom stereocenters. The van der Waals surface area contributed by atoms with Crippen molar-refractivity contribution in [3.63, 3.8) is 0 Å². The molecule has 0 aliphatic heterocycles. The minimum atomic E-state index is -5.07. The molecule has 0 atom stereocenters. The Morgan fingerprint density at radius 3 is 2.58 bits per heavy atom. The monoisotopic (exact) mass is 274 g/mol. The van der Waals surface area contributed by atoms with E-state index in [4.69, 9.17) is 5.11 Å². The maximum Gasteiger partial charge on any atom is 0.471 e. The van der Waals surface area contributed by atoms with Crippen molar-refractivity contribution in [3.8, 4) is 0 Å². The van der Waals surface area contributed by atoms with E-state index in [1.165, 1.54) is 6.07 Å². The van der Waals surface area contributed by atoms with Gasteiger partial charge in [0.2, 0.25) is 0 Å². The van der Waals surface area contributed by atoms with Gasteiger partial charge >= 0.3 is 18.1 Å². The van der Waals surface area contributed by atoms with Crippen LogP contribution in [0.25, 0.3) is 5.52 Å². The highest BCUT2D eigenvalue weighted by atomic mass is 19.4. The quantitative estimate of drug-likeness (QED) is 0.849. The number of carboxylic acids is 1. The van der Waals surface area contributed by atoms with E-state index in [0.717, 1.165) is 16.9 Å². The number of alkyl halides is 3. The van der Waals surface area contributed by atoms with Gasteiger partial charge in [-0.1, -0.05) is 0 Å². The Hall–Kier alpha value is -2.65. The van der Waals surface area contributed by atoms with Gasteiger partial charge in [0, 0.05) is 0 Å². The summed E-state index contributed by atoms with van der Waals surface area (Å²) < 4.78 is 37.2. The summed E-state index contributed by atoms with van der Waals surface area (Å²) in [6.45, 7) is 0. The summed E-state index contributed by atoms with van der Waals surface area (Å²) in [6.07, 6.45) is -4.23. The summed E-state index contributed by atoms with van der Waals surface area (Å²) in [7, 11) is 0. The molecule has 2 aromatic heterocycles. The lowest BCUT2D eigenvalue weighted by Gasteiger charge is -2.08. The Labute approximate surface area is 102 Å². The summed E-state index contributed by atoms with van der Waals surface area (Å²) in [5, 5.41) is 14.0. The second-order valence-corrected chi connectivity index (χ2v) is 3.38. The number of carbonyl (C=O) groups excluding carboxylic acids is 1. The number of fused-ring (bicyclic) bond motifs is 1. The van der Waals surface area contributed by atoms with Gasteiger partial charge in [0.05, 0.1) is 0 Å². The van der Waals surface area contributed by atoms with Gasteiger partial charge in [-0.2, -0.15) is 18.3 Å². The SMILES string of the molecule is O=C(O)c1ccc2c(NC(=O)C(F)(F)F)ncnn12. The van der Waals surface area contributed by atoms with Crippen molar-refractivity contribution in [1.82, 2.24) is 14.6 Å². The van der Waals surface area contributed by atoms with Crippen LogP contribution in [0.1, 0.15) is 10.5 Å². The Balaban J connectivity index is 2.46. The predicted molar refractivity (Wildman–Crippen MR) is 54.6 cm³/mol.